The van der Waals surface area contributed by atoms with Crippen LogP contribution in [0.4, 0.5) is 0 Å². The second-order valence-corrected chi connectivity index (χ2v) is 5.12. The zero-order valence-electron chi connectivity index (χ0n) is 13.4. The third-order valence-corrected chi connectivity index (χ3v) is 3.81. The van der Waals surface area contributed by atoms with E-state index in [0.717, 1.165) is 0 Å². The lowest BCUT2D eigenvalue weighted by Gasteiger charge is -2.20. The predicted molar refractivity (Wildman–Crippen MR) is 82.5 cm³/mol. The summed E-state index contributed by atoms with van der Waals surface area (Å²) in [6.45, 7) is 1.47. The number of carboxylic acid groups (broad SMARTS) is 1. The van der Waals surface area contributed by atoms with Crippen LogP contribution in [0.3, 0.4) is 0 Å². The molecule has 0 saturated heterocycles. The van der Waals surface area contributed by atoms with Crippen molar-refractivity contribution in [2.24, 2.45) is 0 Å². The van der Waals surface area contributed by atoms with E-state index in [9.17, 15) is 19.5 Å². The number of carboxylic acids is 1. The van der Waals surface area contributed by atoms with Gasteiger partial charge in [0, 0.05) is 17.6 Å². The number of aromatic hydroxyl groups is 1. The average Bonchev–Trinajstić information content (AvgIpc) is 2.55. The molecule has 7 heteroatoms. The van der Waals surface area contributed by atoms with Gasteiger partial charge in [-0.05, 0) is 18.6 Å². The highest BCUT2D eigenvalue weighted by molar-refractivity contribution is 6.23. The Morgan fingerprint density at radius 2 is 1.67 bits per heavy atom. The number of carbonyl (C=O) groups excluding carboxylic acids is 2. The molecule has 0 heterocycles. The van der Waals surface area contributed by atoms with Crippen molar-refractivity contribution < 1.29 is 34.1 Å². The number of ketones is 2. The number of benzene rings is 1. The van der Waals surface area contributed by atoms with Crippen LogP contribution in [0.15, 0.2) is 40.9 Å². The lowest BCUT2D eigenvalue weighted by molar-refractivity contribution is -0.121. The zero-order chi connectivity index (χ0) is 18.0. The first-order chi connectivity index (χ1) is 11.3. The first-order valence-corrected chi connectivity index (χ1v) is 6.99. The van der Waals surface area contributed by atoms with Gasteiger partial charge >= 0.3 is 5.97 Å². The molecule has 24 heavy (non-hydrogen) atoms. The molecular formula is C17H16O7. The number of allylic oxidation sites excluding steroid dienone is 2. The highest BCUT2D eigenvalue weighted by Crippen LogP contribution is 2.31. The third-order valence-electron chi connectivity index (χ3n) is 3.81. The number of aromatic carboxylic acids is 1. The van der Waals surface area contributed by atoms with E-state index in [4.69, 9.17) is 14.6 Å². The quantitative estimate of drug-likeness (QED) is 0.788. The van der Waals surface area contributed by atoms with Gasteiger partial charge in [-0.3, -0.25) is 9.59 Å². The maximum absolute atomic E-state index is 12.5. The number of hydrogen-bond donors (Lipinski definition) is 2. The van der Waals surface area contributed by atoms with Gasteiger partial charge in [0.05, 0.1) is 14.2 Å². The number of Topliss-reactive ketones (excluding diaryl/α,β-unsaturated/α-hetero) is 2. The lowest BCUT2D eigenvalue weighted by Crippen LogP contribution is -2.26. The Morgan fingerprint density at radius 3 is 2.21 bits per heavy atom. The molecule has 0 unspecified atom stereocenters. The largest absolute Gasteiger partial charge is 0.507 e. The van der Waals surface area contributed by atoms with Crippen molar-refractivity contribution in [2.75, 3.05) is 14.2 Å². The molecule has 1 aromatic rings. The molecule has 126 valence electrons. The zero-order valence-corrected chi connectivity index (χ0v) is 13.4. The smallest absolute Gasteiger partial charge is 0.339 e. The van der Waals surface area contributed by atoms with Crippen molar-refractivity contribution in [2.45, 2.75) is 13.3 Å². The lowest BCUT2D eigenvalue weighted by atomic mass is 9.88. The monoisotopic (exact) mass is 332 g/mol. The minimum atomic E-state index is -1.29. The molecule has 2 N–H and O–H groups in total. The molecule has 0 spiro atoms. The fourth-order valence-electron chi connectivity index (χ4n) is 2.50. The Morgan fingerprint density at radius 1 is 1.08 bits per heavy atom. The second-order valence-electron chi connectivity index (χ2n) is 5.12. The molecule has 1 aliphatic rings. The van der Waals surface area contributed by atoms with E-state index in [0.29, 0.717) is 0 Å². The van der Waals surface area contributed by atoms with Gasteiger partial charge in [-0.15, -0.1) is 0 Å². The van der Waals surface area contributed by atoms with Crippen molar-refractivity contribution >= 4 is 17.5 Å². The number of phenols is 1. The van der Waals surface area contributed by atoms with Gasteiger partial charge < -0.3 is 19.7 Å². The van der Waals surface area contributed by atoms with E-state index < -0.39 is 23.3 Å². The van der Waals surface area contributed by atoms with E-state index in [2.05, 4.69) is 0 Å². The number of carbonyl (C=O) groups is 3. The summed E-state index contributed by atoms with van der Waals surface area (Å²) >= 11 is 0. The highest BCUT2D eigenvalue weighted by atomic mass is 16.5. The van der Waals surface area contributed by atoms with Crippen LogP contribution < -0.4 is 0 Å². The number of rotatable bonds is 5. The summed E-state index contributed by atoms with van der Waals surface area (Å²) in [5.74, 6) is -3.13. The van der Waals surface area contributed by atoms with E-state index in [1.807, 2.05) is 0 Å². The Balaban J connectivity index is 2.49. The van der Waals surface area contributed by atoms with Crippen LogP contribution in [0.1, 0.15) is 22.8 Å². The molecule has 1 aliphatic carbocycles. The molecule has 0 amide bonds. The average molecular weight is 332 g/mol. The van der Waals surface area contributed by atoms with E-state index in [1.165, 1.54) is 39.3 Å². The summed E-state index contributed by atoms with van der Waals surface area (Å²) in [5.41, 5.74) is 0.232. The van der Waals surface area contributed by atoms with Crippen molar-refractivity contribution in [3.8, 4) is 5.75 Å². The minimum Gasteiger partial charge on any atom is -0.507 e. The first-order valence-electron chi connectivity index (χ1n) is 6.99. The topological polar surface area (TPSA) is 110 Å². The van der Waals surface area contributed by atoms with Crippen molar-refractivity contribution in [1.29, 1.82) is 0 Å². The number of hydrogen-bond acceptors (Lipinski definition) is 6. The standard InChI is InChI=1S/C17H16O7/c1-8-11(14(20)16(24-3)15(23-2)12(8)18)7-9-5-4-6-10(13(9)19)17(21)22/h4-6,19H,7H2,1-3H3,(H,21,22). The van der Waals surface area contributed by atoms with Crippen LogP contribution >= 0.6 is 0 Å². The van der Waals surface area contributed by atoms with E-state index >= 15 is 0 Å². The molecule has 7 nitrogen and oxygen atoms in total. The Labute approximate surface area is 137 Å². The maximum atomic E-state index is 12.5. The Hall–Kier alpha value is -3.09. The summed E-state index contributed by atoms with van der Waals surface area (Å²) < 4.78 is 9.92. The summed E-state index contributed by atoms with van der Waals surface area (Å²) in [7, 11) is 2.51. The molecule has 0 saturated carbocycles. The molecule has 0 radical (unpaired) electrons. The van der Waals surface area contributed by atoms with Crippen LogP contribution in [-0.4, -0.2) is 42.0 Å². The van der Waals surface area contributed by atoms with Crippen LogP contribution in [0.2, 0.25) is 0 Å². The van der Waals surface area contributed by atoms with Crippen molar-refractivity contribution in [1.82, 2.24) is 0 Å². The molecule has 1 aromatic carbocycles. The maximum Gasteiger partial charge on any atom is 0.339 e. The summed E-state index contributed by atoms with van der Waals surface area (Å²) in [4.78, 5) is 35.9. The number of ether oxygens (including phenoxy) is 2. The van der Waals surface area contributed by atoms with Gasteiger partial charge in [-0.2, -0.15) is 0 Å². The fraction of sp³-hybridized carbons (Fsp3) is 0.235. The fourth-order valence-corrected chi connectivity index (χ4v) is 2.50. The Bertz CT molecular complexity index is 799. The number of methoxy groups -OCH3 is 2. The predicted octanol–water partition coefficient (Wildman–Crippen LogP) is 1.61. The van der Waals surface area contributed by atoms with Crippen LogP contribution in [0, 0.1) is 0 Å². The highest BCUT2D eigenvalue weighted by Gasteiger charge is 2.35. The normalized spacial score (nSPS) is 15.0. The van der Waals surface area contributed by atoms with Gasteiger partial charge in [0.25, 0.3) is 0 Å². The van der Waals surface area contributed by atoms with Gasteiger partial charge in [0.15, 0.2) is 0 Å². The SMILES string of the molecule is COC1=C(OC)C(=O)C(Cc2cccc(C(=O)O)c2O)=C(C)C1=O. The first kappa shape index (κ1) is 17.3. The van der Waals surface area contributed by atoms with Crippen molar-refractivity contribution in [3.05, 3.63) is 52.0 Å². The van der Waals surface area contributed by atoms with Gasteiger partial charge in [-0.1, -0.05) is 12.1 Å². The second kappa shape index (κ2) is 6.57. The molecule has 0 fully saturated rings. The van der Waals surface area contributed by atoms with E-state index in [-0.39, 0.29) is 40.2 Å². The van der Waals surface area contributed by atoms with E-state index in [1.54, 1.807) is 0 Å². The van der Waals surface area contributed by atoms with Gasteiger partial charge in [0.1, 0.15) is 11.3 Å². The third kappa shape index (κ3) is 2.76. The molecule has 0 bridgehead atoms. The van der Waals surface area contributed by atoms with Crippen LogP contribution in [0.5, 0.6) is 5.75 Å². The number of para-hydroxylation sites is 1. The van der Waals surface area contributed by atoms with Crippen LogP contribution in [0.25, 0.3) is 0 Å². The molecule has 0 atom stereocenters. The van der Waals surface area contributed by atoms with Gasteiger partial charge in [0.2, 0.25) is 23.1 Å². The molecule has 2 rings (SSSR count). The summed E-state index contributed by atoms with van der Waals surface area (Å²) in [5, 5.41) is 19.1. The summed E-state index contributed by atoms with van der Waals surface area (Å²) in [6.07, 6.45) is -0.104. The minimum absolute atomic E-state index is 0.104. The molecule has 0 aromatic heterocycles. The van der Waals surface area contributed by atoms with Gasteiger partial charge in [-0.25, -0.2) is 4.79 Å². The molecule has 0 aliphatic heterocycles. The van der Waals surface area contributed by atoms with Crippen molar-refractivity contribution in [3.63, 3.8) is 0 Å². The molecular weight excluding hydrogens is 316 g/mol. The van der Waals surface area contributed by atoms with Crippen LogP contribution in [-0.2, 0) is 25.5 Å². The summed E-state index contributed by atoms with van der Waals surface area (Å²) in [6, 6.07) is 4.19. The Kier molecular flexibility index (Phi) is 4.73.